The number of carbonyl (C=O) groups excluding carboxylic acids is 1. The number of hydrogen-bond acceptors (Lipinski definition) is 3. The second-order valence-corrected chi connectivity index (χ2v) is 2.85. The fourth-order valence-corrected chi connectivity index (χ4v) is 0.777. The van der Waals surface area contributed by atoms with Crippen molar-refractivity contribution in [2.75, 3.05) is 6.54 Å². The Morgan fingerprint density at radius 2 is 2.08 bits per heavy atom. The Hall–Kier alpha value is -1.19. The molecule has 0 radical (unpaired) electrons. The summed E-state index contributed by atoms with van der Waals surface area (Å²) < 4.78 is 0. The van der Waals surface area contributed by atoms with Crippen molar-refractivity contribution in [3.05, 3.63) is 21.8 Å². The molecular formula is C8H13NO3. The lowest BCUT2D eigenvalue weighted by Crippen LogP contribution is -2.03. The summed E-state index contributed by atoms with van der Waals surface area (Å²) in [6, 6.07) is 0. The van der Waals surface area contributed by atoms with Crippen molar-refractivity contribution in [1.82, 2.24) is 0 Å². The van der Waals surface area contributed by atoms with E-state index in [1.807, 2.05) is 13.8 Å². The van der Waals surface area contributed by atoms with Crippen LogP contribution in [0.15, 0.2) is 11.6 Å². The highest BCUT2D eigenvalue weighted by molar-refractivity contribution is 5.90. The fourth-order valence-electron chi connectivity index (χ4n) is 0.777. The zero-order valence-electron chi connectivity index (χ0n) is 7.37. The second-order valence-electron chi connectivity index (χ2n) is 2.85. The predicted molar refractivity (Wildman–Crippen MR) is 45.5 cm³/mol. The minimum atomic E-state index is -0.407. The third-order valence-corrected chi connectivity index (χ3v) is 1.21. The van der Waals surface area contributed by atoms with Gasteiger partial charge in [0.2, 0.25) is 6.54 Å². The quantitative estimate of drug-likeness (QED) is 0.358. The molecule has 0 aliphatic heterocycles. The Bertz CT molecular complexity index is 204. The molecule has 0 aliphatic carbocycles. The van der Waals surface area contributed by atoms with Crippen LogP contribution in [-0.4, -0.2) is 17.3 Å². The summed E-state index contributed by atoms with van der Waals surface area (Å²) in [6.45, 7) is 3.53. The van der Waals surface area contributed by atoms with Crippen molar-refractivity contribution < 1.29 is 9.72 Å². The molecule has 0 bridgehead atoms. The van der Waals surface area contributed by atoms with Gasteiger partial charge in [0, 0.05) is 17.8 Å². The molecule has 68 valence electrons. The van der Waals surface area contributed by atoms with Crippen molar-refractivity contribution in [1.29, 1.82) is 0 Å². The summed E-state index contributed by atoms with van der Waals surface area (Å²) >= 11 is 0. The Morgan fingerprint density at radius 3 is 2.50 bits per heavy atom. The molecule has 0 saturated heterocycles. The fraction of sp³-hybridized carbons (Fsp3) is 0.625. The molecule has 0 saturated carbocycles. The molecule has 0 unspecified atom stereocenters. The topological polar surface area (TPSA) is 60.2 Å². The molecule has 0 aromatic heterocycles. The third kappa shape index (κ3) is 6.92. The molecule has 0 rings (SSSR count). The summed E-state index contributed by atoms with van der Waals surface area (Å²) in [4.78, 5) is 20.4. The van der Waals surface area contributed by atoms with Crippen molar-refractivity contribution in [3.63, 3.8) is 0 Å². The number of carbonyl (C=O) groups is 1. The maximum atomic E-state index is 10.9. The molecule has 0 spiro atoms. The van der Waals surface area contributed by atoms with Gasteiger partial charge < -0.3 is 0 Å². The van der Waals surface area contributed by atoms with E-state index in [0.717, 1.165) is 5.57 Å². The number of hydrogen-bond donors (Lipinski definition) is 0. The van der Waals surface area contributed by atoms with Crippen molar-refractivity contribution >= 4 is 5.78 Å². The summed E-state index contributed by atoms with van der Waals surface area (Å²) in [5.74, 6) is -0.0307. The monoisotopic (exact) mass is 171 g/mol. The summed E-state index contributed by atoms with van der Waals surface area (Å²) in [5.41, 5.74) is 0.932. The molecule has 12 heavy (non-hydrogen) atoms. The maximum absolute atomic E-state index is 10.9. The predicted octanol–water partition coefficient (Wildman–Crippen LogP) is 1.58. The van der Waals surface area contributed by atoms with Crippen LogP contribution in [0.4, 0.5) is 0 Å². The van der Waals surface area contributed by atoms with Crippen LogP contribution in [0.2, 0.25) is 0 Å². The number of allylic oxidation sites excluding steroid dienone is 2. The first-order valence-corrected chi connectivity index (χ1v) is 3.82. The van der Waals surface area contributed by atoms with E-state index in [4.69, 9.17) is 0 Å². The van der Waals surface area contributed by atoms with E-state index in [-0.39, 0.29) is 18.7 Å². The van der Waals surface area contributed by atoms with E-state index in [0.29, 0.717) is 6.42 Å². The summed E-state index contributed by atoms with van der Waals surface area (Å²) in [7, 11) is 0. The van der Waals surface area contributed by atoms with Crippen LogP contribution in [0, 0.1) is 10.1 Å². The molecule has 0 atom stereocenters. The van der Waals surface area contributed by atoms with E-state index < -0.39 is 4.92 Å². The average Bonchev–Trinajstić information content (AvgIpc) is 1.84. The highest BCUT2D eigenvalue weighted by atomic mass is 16.6. The maximum Gasteiger partial charge on any atom is 0.204 e. The van der Waals surface area contributed by atoms with E-state index in [2.05, 4.69) is 0 Å². The van der Waals surface area contributed by atoms with Gasteiger partial charge in [-0.2, -0.15) is 0 Å². The summed E-state index contributed by atoms with van der Waals surface area (Å²) in [6.07, 6.45) is 2.11. The minimum Gasteiger partial charge on any atom is -0.295 e. The molecule has 0 amide bonds. The molecule has 0 N–H and O–H groups in total. The standard InChI is InChI=1S/C8H13NO3/c1-7(2)6-8(10)4-3-5-9(11)12/h6H,3-5H2,1-2H3. The van der Waals surface area contributed by atoms with Crippen molar-refractivity contribution in [2.24, 2.45) is 0 Å². The average molecular weight is 171 g/mol. The van der Waals surface area contributed by atoms with Crippen LogP contribution in [0.5, 0.6) is 0 Å². The van der Waals surface area contributed by atoms with Gasteiger partial charge in [-0.15, -0.1) is 0 Å². The third-order valence-electron chi connectivity index (χ3n) is 1.21. The number of nitrogens with zero attached hydrogens (tertiary/aromatic N) is 1. The summed E-state index contributed by atoms with van der Waals surface area (Å²) in [5, 5.41) is 9.88. The highest BCUT2D eigenvalue weighted by Crippen LogP contribution is 1.96. The normalized spacial score (nSPS) is 9.17. The largest absolute Gasteiger partial charge is 0.295 e. The highest BCUT2D eigenvalue weighted by Gasteiger charge is 2.01. The van der Waals surface area contributed by atoms with Crippen LogP contribution in [0.3, 0.4) is 0 Å². The van der Waals surface area contributed by atoms with Gasteiger partial charge in [-0.3, -0.25) is 14.9 Å². The Kier molecular flexibility index (Phi) is 4.92. The smallest absolute Gasteiger partial charge is 0.204 e. The van der Waals surface area contributed by atoms with Gasteiger partial charge in [0.05, 0.1) is 0 Å². The lowest BCUT2D eigenvalue weighted by molar-refractivity contribution is -0.480. The van der Waals surface area contributed by atoms with Gasteiger partial charge >= 0.3 is 0 Å². The van der Waals surface area contributed by atoms with Crippen molar-refractivity contribution in [3.8, 4) is 0 Å². The lowest BCUT2D eigenvalue weighted by Gasteiger charge is -1.92. The van der Waals surface area contributed by atoms with Crippen LogP contribution in [-0.2, 0) is 4.79 Å². The molecule has 0 aliphatic rings. The Morgan fingerprint density at radius 1 is 1.50 bits per heavy atom. The van der Waals surface area contributed by atoms with E-state index >= 15 is 0 Å². The van der Waals surface area contributed by atoms with Crippen LogP contribution in [0.1, 0.15) is 26.7 Å². The first kappa shape index (κ1) is 10.8. The van der Waals surface area contributed by atoms with Gasteiger partial charge in [-0.1, -0.05) is 5.57 Å². The molecule has 0 aromatic rings. The number of nitro groups is 1. The van der Waals surface area contributed by atoms with E-state index in [1.165, 1.54) is 6.08 Å². The van der Waals surface area contributed by atoms with Gasteiger partial charge in [-0.05, 0) is 19.9 Å². The molecule has 4 heteroatoms. The second kappa shape index (κ2) is 5.46. The van der Waals surface area contributed by atoms with Gasteiger partial charge in [0.25, 0.3) is 0 Å². The molecular weight excluding hydrogens is 158 g/mol. The van der Waals surface area contributed by atoms with E-state index in [1.54, 1.807) is 0 Å². The molecule has 0 aromatic carbocycles. The van der Waals surface area contributed by atoms with Crippen LogP contribution >= 0.6 is 0 Å². The van der Waals surface area contributed by atoms with Gasteiger partial charge in [0.15, 0.2) is 5.78 Å². The Labute approximate surface area is 71.4 Å². The number of ketones is 1. The molecule has 4 nitrogen and oxygen atoms in total. The lowest BCUT2D eigenvalue weighted by atomic mass is 10.2. The number of rotatable bonds is 5. The van der Waals surface area contributed by atoms with Crippen LogP contribution in [0.25, 0.3) is 0 Å². The minimum absolute atomic E-state index is 0.0307. The first-order valence-electron chi connectivity index (χ1n) is 3.82. The zero-order valence-corrected chi connectivity index (χ0v) is 7.37. The van der Waals surface area contributed by atoms with Gasteiger partial charge in [0.1, 0.15) is 0 Å². The molecule has 0 heterocycles. The molecule has 0 fully saturated rings. The van der Waals surface area contributed by atoms with Crippen molar-refractivity contribution in [2.45, 2.75) is 26.7 Å². The Balaban J connectivity index is 3.59. The zero-order chi connectivity index (χ0) is 9.56. The van der Waals surface area contributed by atoms with E-state index in [9.17, 15) is 14.9 Å². The van der Waals surface area contributed by atoms with Gasteiger partial charge in [-0.25, -0.2) is 0 Å². The first-order chi connectivity index (χ1) is 5.52. The SMILES string of the molecule is CC(C)=CC(=O)CCC[N+](=O)[O-]. The van der Waals surface area contributed by atoms with Crippen LogP contribution < -0.4 is 0 Å².